The Bertz CT molecular complexity index is 969. The zero-order valence-electron chi connectivity index (χ0n) is 17.0. The molecule has 29 heavy (non-hydrogen) atoms. The number of carbonyl (C=O) groups is 1. The monoisotopic (exact) mass is 391 g/mol. The molecule has 0 aliphatic carbocycles. The number of aryl methyl sites for hydroxylation is 1. The maximum absolute atomic E-state index is 11.1. The second-order valence-corrected chi connectivity index (χ2v) is 6.89. The van der Waals surface area contributed by atoms with E-state index < -0.39 is 0 Å². The predicted molar refractivity (Wildman–Crippen MR) is 116 cm³/mol. The number of carbonyl (C=O) groups excluding carboxylic acids is 1. The van der Waals surface area contributed by atoms with Crippen molar-refractivity contribution in [3.05, 3.63) is 60.4 Å². The van der Waals surface area contributed by atoms with Crippen LogP contribution in [0.5, 0.6) is 5.75 Å². The lowest BCUT2D eigenvalue weighted by Gasteiger charge is -2.12. The van der Waals surface area contributed by atoms with Crippen molar-refractivity contribution in [3.8, 4) is 5.75 Å². The Morgan fingerprint density at radius 3 is 1.83 bits per heavy atom. The van der Waals surface area contributed by atoms with E-state index in [2.05, 4.69) is 25.9 Å². The number of hydrogen-bond acceptors (Lipinski definition) is 6. The number of nitrogens with zero attached hydrogens (tertiary/aromatic N) is 2. The van der Waals surface area contributed by atoms with Crippen molar-refractivity contribution in [1.29, 1.82) is 0 Å². The molecule has 2 aromatic carbocycles. The molecule has 0 saturated carbocycles. The fraction of sp³-hybridized carbons (Fsp3) is 0.227. The van der Waals surface area contributed by atoms with E-state index >= 15 is 0 Å². The minimum Gasteiger partial charge on any atom is -0.491 e. The third-order valence-corrected chi connectivity index (χ3v) is 3.81. The zero-order valence-corrected chi connectivity index (χ0v) is 17.0. The highest BCUT2D eigenvalue weighted by Gasteiger charge is 2.05. The fourth-order valence-corrected chi connectivity index (χ4v) is 2.72. The van der Waals surface area contributed by atoms with E-state index in [4.69, 9.17) is 4.74 Å². The van der Waals surface area contributed by atoms with E-state index in [1.165, 1.54) is 6.92 Å². The van der Waals surface area contributed by atoms with E-state index in [1.54, 1.807) is 0 Å². The number of rotatable bonds is 7. The first-order valence-electron chi connectivity index (χ1n) is 9.41. The van der Waals surface area contributed by atoms with Gasteiger partial charge in [0.25, 0.3) is 0 Å². The largest absolute Gasteiger partial charge is 0.491 e. The molecule has 0 spiro atoms. The molecule has 0 saturated heterocycles. The van der Waals surface area contributed by atoms with Gasteiger partial charge >= 0.3 is 0 Å². The maximum Gasteiger partial charge on any atom is 0.221 e. The number of nitrogens with one attached hydrogen (secondary N) is 3. The van der Waals surface area contributed by atoms with Crippen molar-refractivity contribution >= 4 is 34.6 Å². The van der Waals surface area contributed by atoms with E-state index in [0.717, 1.165) is 22.8 Å². The molecule has 0 aliphatic rings. The van der Waals surface area contributed by atoms with Crippen LogP contribution in [0, 0.1) is 6.92 Å². The van der Waals surface area contributed by atoms with Crippen LogP contribution in [-0.4, -0.2) is 22.0 Å². The molecular formula is C22H25N5O2. The van der Waals surface area contributed by atoms with Crippen molar-refractivity contribution in [2.45, 2.75) is 33.8 Å². The second-order valence-electron chi connectivity index (χ2n) is 6.89. The molecule has 0 fully saturated rings. The molecule has 3 N–H and O–H groups in total. The first kappa shape index (κ1) is 20.1. The van der Waals surface area contributed by atoms with Gasteiger partial charge in [0.05, 0.1) is 6.10 Å². The van der Waals surface area contributed by atoms with Crippen molar-refractivity contribution in [2.24, 2.45) is 0 Å². The summed E-state index contributed by atoms with van der Waals surface area (Å²) < 4.78 is 5.67. The van der Waals surface area contributed by atoms with Crippen LogP contribution in [0.1, 0.15) is 26.6 Å². The number of aromatic nitrogens is 2. The lowest BCUT2D eigenvalue weighted by atomic mass is 10.2. The van der Waals surface area contributed by atoms with Gasteiger partial charge in [-0.3, -0.25) is 4.79 Å². The van der Waals surface area contributed by atoms with E-state index in [0.29, 0.717) is 17.5 Å². The van der Waals surface area contributed by atoms with Crippen LogP contribution in [0.2, 0.25) is 0 Å². The third-order valence-electron chi connectivity index (χ3n) is 3.81. The quantitative estimate of drug-likeness (QED) is 0.524. The minimum absolute atomic E-state index is 0.100. The summed E-state index contributed by atoms with van der Waals surface area (Å²) in [4.78, 5) is 20.0. The zero-order chi connectivity index (χ0) is 20.8. The molecule has 1 aromatic heterocycles. The van der Waals surface area contributed by atoms with Gasteiger partial charge in [-0.1, -0.05) is 0 Å². The van der Waals surface area contributed by atoms with E-state index in [9.17, 15) is 4.79 Å². The Morgan fingerprint density at radius 2 is 1.34 bits per heavy atom. The first-order chi connectivity index (χ1) is 13.9. The number of anilines is 5. The highest BCUT2D eigenvalue weighted by atomic mass is 16.5. The first-order valence-corrected chi connectivity index (χ1v) is 9.41. The van der Waals surface area contributed by atoms with Gasteiger partial charge in [0.2, 0.25) is 5.91 Å². The summed E-state index contributed by atoms with van der Waals surface area (Å²) in [6.45, 7) is 7.32. The molecule has 0 radical (unpaired) electrons. The number of amides is 1. The Labute approximate surface area is 170 Å². The molecule has 150 valence electrons. The van der Waals surface area contributed by atoms with Gasteiger partial charge in [-0.25, -0.2) is 9.97 Å². The number of benzene rings is 2. The highest BCUT2D eigenvalue weighted by molar-refractivity contribution is 5.88. The predicted octanol–water partition coefficient (Wildman–Crippen LogP) is 5.02. The Hall–Kier alpha value is -3.61. The van der Waals surface area contributed by atoms with Gasteiger partial charge in [-0.15, -0.1) is 0 Å². The smallest absolute Gasteiger partial charge is 0.221 e. The Balaban J connectivity index is 1.70. The molecule has 0 aliphatic heterocycles. The van der Waals surface area contributed by atoms with E-state index in [-0.39, 0.29) is 12.0 Å². The molecule has 3 aromatic rings. The normalized spacial score (nSPS) is 10.5. The van der Waals surface area contributed by atoms with Crippen LogP contribution in [0.3, 0.4) is 0 Å². The molecule has 3 rings (SSSR count). The summed E-state index contributed by atoms with van der Waals surface area (Å²) in [7, 11) is 0. The van der Waals surface area contributed by atoms with Crippen LogP contribution in [0.4, 0.5) is 28.7 Å². The average molecular weight is 391 g/mol. The number of ether oxygens (including phenoxy) is 1. The van der Waals surface area contributed by atoms with Crippen molar-refractivity contribution in [3.63, 3.8) is 0 Å². The van der Waals surface area contributed by atoms with Crippen molar-refractivity contribution in [1.82, 2.24) is 9.97 Å². The van der Waals surface area contributed by atoms with Gasteiger partial charge in [-0.05, 0) is 69.3 Å². The standard InChI is InChI=1S/C22H25N5O2/c1-14(2)29-20-11-9-19(10-12-20)27-22-13-21(23-15(3)24-22)26-18-7-5-17(6-8-18)25-16(4)28/h5-14H,1-4H3,(H,25,28)(H2,23,24,26,27). The van der Waals surface area contributed by atoms with Gasteiger partial charge in [0.15, 0.2) is 0 Å². The highest BCUT2D eigenvalue weighted by Crippen LogP contribution is 2.23. The van der Waals surface area contributed by atoms with Crippen LogP contribution < -0.4 is 20.7 Å². The summed E-state index contributed by atoms with van der Waals surface area (Å²) >= 11 is 0. The topological polar surface area (TPSA) is 88.2 Å². The third kappa shape index (κ3) is 6.21. The van der Waals surface area contributed by atoms with Gasteiger partial charge < -0.3 is 20.7 Å². The van der Waals surface area contributed by atoms with Crippen molar-refractivity contribution in [2.75, 3.05) is 16.0 Å². The lowest BCUT2D eigenvalue weighted by molar-refractivity contribution is -0.114. The molecule has 1 amide bonds. The molecule has 7 nitrogen and oxygen atoms in total. The summed E-state index contributed by atoms with van der Waals surface area (Å²) in [5.74, 6) is 2.73. The summed E-state index contributed by atoms with van der Waals surface area (Å²) in [5.41, 5.74) is 2.51. The van der Waals surface area contributed by atoms with Gasteiger partial charge in [-0.2, -0.15) is 0 Å². The SMILES string of the molecule is CC(=O)Nc1ccc(Nc2cc(Nc3ccc(OC(C)C)cc3)nc(C)n2)cc1. The molecule has 0 bridgehead atoms. The second kappa shape index (κ2) is 9.05. The molecule has 7 heteroatoms. The Morgan fingerprint density at radius 1 is 0.862 bits per heavy atom. The lowest BCUT2D eigenvalue weighted by Crippen LogP contribution is -2.06. The molecule has 0 atom stereocenters. The van der Waals surface area contributed by atoms with Crippen LogP contribution in [0.15, 0.2) is 54.6 Å². The Kier molecular flexibility index (Phi) is 6.29. The van der Waals surface area contributed by atoms with Crippen LogP contribution in [0.25, 0.3) is 0 Å². The summed E-state index contributed by atoms with van der Waals surface area (Å²) in [6, 6.07) is 17.0. The molecular weight excluding hydrogens is 366 g/mol. The van der Waals surface area contributed by atoms with Crippen LogP contribution >= 0.6 is 0 Å². The minimum atomic E-state index is -0.100. The summed E-state index contributed by atoms with van der Waals surface area (Å²) in [6.07, 6.45) is 0.138. The van der Waals surface area contributed by atoms with E-state index in [1.807, 2.05) is 75.4 Å². The summed E-state index contributed by atoms with van der Waals surface area (Å²) in [5, 5.41) is 9.29. The molecule has 0 unspecified atom stereocenters. The van der Waals surface area contributed by atoms with Gasteiger partial charge in [0.1, 0.15) is 23.2 Å². The average Bonchev–Trinajstić information content (AvgIpc) is 2.64. The van der Waals surface area contributed by atoms with Gasteiger partial charge in [0, 0.05) is 30.1 Å². The van der Waals surface area contributed by atoms with Crippen molar-refractivity contribution < 1.29 is 9.53 Å². The van der Waals surface area contributed by atoms with Crippen LogP contribution in [-0.2, 0) is 4.79 Å². The fourth-order valence-electron chi connectivity index (χ4n) is 2.72. The number of hydrogen-bond donors (Lipinski definition) is 3. The molecule has 1 heterocycles. The maximum atomic E-state index is 11.1.